The molecule has 1 aliphatic heterocycles. The smallest absolute Gasteiger partial charge is 0.254 e. The van der Waals surface area contributed by atoms with Crippen molar-refractivity contribution in [3.05, 3.63) is 23.8 Å². The molecule has 1 amide bonds. The number of carbonyl (C=O) groups is 1. The predicted molar refractivity (Wildman–Crippen MR) is 83.3 cm³/mol. The third kappa shape index (κ3) is 3.24. The number of nitrogens with zero attached hydrogens (tertiary/aromatic N) is 1. The first-order valence-electron chi connectivity index (χ1n) is 7.22. The lowest BCUT2D eigenvalue weighted by molar-refractivity contribution is 0.0609. The highest BCUT2D eigenvalue weighted by atomic mass is 16.2. The molecule has 0 saturated carbocycles. The van der Waals surface area contributed by atoms with Gasteiger partial charge in [-0.1, -0.05) is 20.8 Å². The molecule has 1 fully saturated rings. The Labute approximate surface area is 121 Å². The fourth-order valence-corrected chi connectivity index (χ4v) is 2.93. The van der Waals surface area contributed by atoms with Gasteiger partial charge in [-0.25, -0.2) is 0 Å². The van der Waals surface area contributed by atoms with Gasteiger partial charge in [0.05, 0.1) is 0 Å². The van der Waals surface area contributed by atoms with Gasteiger partial charge < -0.3 is 16.4 Å². The summed E-state index contributed by atoms with van der Waals surface area (Å²) in [4.78, 5) is 14.4. The zero-order chi connectivity index (χ0) is 14.9. The van der Waals surface area contributed by atoms with Crippen LogP contribution < -0.4 is 11.5 Å². The standard InChI is InChI=1S/C16H25N3O/c1-16(2,3)12-4-6-19(7-5-12)15(20)11-8-13(17)10-14(18)9-11/h8-10,12H,4-7,17-18H2,1-3H3. The monoisotopic (exact) mass is 275 g/mol. The molecule has 0 aliphatic carbocycles. The van der Waals surface area contributed by atoms with E-state index in [1.165, 1.54) is 0 Å². The Hall–Kier alpha value is -1.71. The van der Waals surface area contributed by atoms with Gasteiger partial charge in [-0.3, -0.25) is 4.79 Å². The van der Waals surface area contributed by atoms with Crippen molar-refractivity contribution in [2.24, 2.45) is 11.3 Å². The van der Waals surface area contributed by atoms with Crippen LogP contribution in [0.5, 0.6) is 0 Å². The molecule has 0 radical (unpaired) electrons. The molecule has 4 N–H and O–H groups in total. The Kier molecular flexibility index (Phi) is 3.93. The number of rotatable bonds is 1. The molecule has 1 heterocycles. The molecule has 0 spiro atoms. The summed E-state index contributed by atoms with van der Waals surface area (Å²) < 4.78 is 0. The van der Waals surface area contributed by atoms with Crippen LogP contribution in [0.3, 0.4) is 0 Å². The van der Waals surface area contributed by atoms with E-state index in [-0.39, 0.29) is 5.91 Å². The molecule has 1 aliphatic rings. The molecule has 1 aromatic rings. The maximum Gasteiger partial charge on any atom is 0.254 e. The maximum absolute atomic E-state index is 12.5. The number of likely N-dealkylation sites (tertiary alicyclic amines) is 1. The Morgan fingerprint density at radius 1 is 1.10 bits per heavy atom. The van der Waals surface area contributed by atoms with Crippen molar-refractivity contribution in [1.29, 1.82) is 0 Å². The van der Waals surface area contributed by atoms with E-state index >= 15 is 0 Å². The molecular weight excluding hydrogens is 250 g/mol. The molecule has 0 aromatic heterocycles. The van der Waals surface area contributed by atoms with Crippen LogP contribution in [0.25, 0.3) is 0 Å². The molecule has 0 bridgehead atoms. The van der Waals surface area contributed by atoms with E-state index in [1.807, 2.05) is 4.90 Å². The van der Waals surface area contributed by atoms with Crippen LogP contribution in [0.15, 0.2) is 18.2 Å². The second-order valence-corrected chi connectivity index (χ2v) is 6.82. The van der Waals surface area contributed by atoms with E-state index in [1.54, 1.807) is 18.2 Å². The highest BCUT2D eigenvalue weighted by molar-refractivity contribution is 5.96. The SMILES string of the molecule is CC(C)(C)C1CCN(C(=O)c2cc(N)cc(N)c2)CC1. The number of hydrogen-bond donors (Lipinski definition) is 2. The fourth-order valence-electron chi connectivity index (χ4n) is 2.93. The Morgan fingerprint density at radius 2 is 1.60 bits per heavy atom. The first kappa shape index (κ1) is 14.7. The summed E-state index contributed by atoms with van der Waals surface area (Å²) in [5, 5.41) is 0. The average molecular weight is 275 g/mol. The van der Waals surface area contributed by atoms with Gasteiger partial charge in [0.2, 0.25) is 0 Å². The van der Waals surface area contributed by atoms with Crippen LogP contribution in [0.1, 0.15) is 44.0 Å². The van der Waals surface area contributed by atoms with E-state index in [0.717, 1.165) is 25.9 Å². The highest BCUT2D eigenvalue weighted by Crippen LogP contribution is 2.34. The normalized spacial score (nSPS) is 17.2. The van der Waals surface area contributed by atoms with Crippen molar-refractivity contribution in [2.45, 2.75) is 33.6 Å². The van der Waals surface area contributed by atoms with Crippen LogP contribution in [-0.2, 0) is 0 Å². The lowest BCUT2D eigenvalue weighted by atomic mass is 9.75. The zero-order valence-corrected chi connectivity index (χ0v) is 12.6. The lowest BCUT2D eigenvalue weighted by Crippen LogP contribution is -2.41. The molecule has 4 heteroatoms. The quantitative estimate of drug-likeness (QED) is 0.774. The summed E-state index contributed by atoms with van der Waals surface area (Å²) in [5.74, 6) is 0.717. The minimum Gasteiger partial charge on any atom is -0.399 e. The summed E-state index contributed by atoms with van der Waals surface area (Å²) >= 11 is 0. The molecule has 2 rings (SSSR count). The Bertz CT molecular complexity index is 477. The molecule has 110 valence electrons. The second kappa shape index (κ2) is 5.35. The largest absolute Gasteiger partial charge is 0.399 e. The predicted octanol–water partition coefficient (Wildman–Crippen LogP) is 2.75. The summed E-state index contributed by atoms with van der Waals surface area (Å²) in [6, 6.07) is 5.08. The van der Waals surface area contributed by atoms with Gasteiger partial charge in [-0.2, -0.15) is 0 Å². The summed E-state index contributed by atoms with van der Waals surface area (Å²) in [6.45, 7) is 8.44. The number of hydrogen-bond acceptors (Lipinski definition) is 3. The first-order chi connectivity index (χ1) is 9.27. The molecule has 1 aromatic carbocycles. The fraction of sp³-hybridized carbons (Fsp3) is 0.562. The van der Waals surface area contributed by atoms with Crippen molar-refractivity contribution >= 4 is 17.3 Å². The molecule has 0 atom stereocenters. The van der Waals surface area contributed by atoms with Crippen molar-refractivity contribution in [2.75, 3.05) is 24.6 Å². The number of benzene rings is 1. The van der Waals surface area contributed by atoms with E-state index in [4.69, 9.17) is 11.5 Å². The maximum atomic E-state index is 12.5. The van der Waals surface area contributed by atoms with Crippen LogP contribution in [0.2, 0.25) is 0 Å². The van der Waals surface area contributed by atoms with Gasteiger partial charge in [0.25, 0.3) is 5.91 Å². The highest BCUT2D eigenvalue weighted by Gasteiger charge is 2.30. The number of anilines is 2. The van der Waals surface area contributed by atoms with Crippen molar-refractivity contribution < 1.29 is 4.79 Å². The minimum absolute atomic E-state index is 0.0383. The summed E-state index contributed by atoms with van der Waals surface area (Å²) in [5.41, 5.74) is 13.5. The van der Waals surface area contributed by atoms with E-state index in [0.29, 0.717) is 28.3 Å². The number of piperidine rings is 1. The Morgan fingerprint density at radius 3 is 2.05 bits per heavy atom. The molecule has 1 saturated heterocycles. The van der Waals surface area contributed by atoms with Gasteiger partial charge >= 0.3 is 0 Å². The summed E-state index contributed by atoms with van der Waals surface area (Å²) in [6.07, 6.45) is 2.13. The number of nitrogen functional groups attached to an aromatic ring is 2. The summed E-state index contributed by atoms with van der Waals surface area (Å²) in [7, 11) is 0. The lowest BCUT2D eigenvalue weighted by Gasteiger charge is -2.38. The van der Waals surface area contributed by atoms with E-state index in [2.05, 4.69) is 20.8 Å². The molecule has 20 heavy (non-hydrogen) atoms. The van der Waals surface area contributed by atoms with Gasteiger partial charge in [0.1, 0.15) is 0 Å². The van der Waals surface area contributed by atoms with Gasteiger partial charge in [0, 0.05) is 30.0 Å². The topological polar surface area (TPSA) is 72.3 Å². The third-order valence-electron chi connectivity index (χ3n) is 4.23. The molecule has 4 nitrogen and oxygen atoms in total. The van der Waals surface area contributed by atoms with Crippen molar-refractivity contribution in [3.8, 4) is 0 Å². The molecular formula is C16H25N3O. The molecule has 0 unspecified atom stereocenters. The van der Waals surface area contributed by atoms with Crippen LogP contribution in [0.4, 0.5) is 11.4 Å². The average Bonchev–Trinajstić information content (AvgIpc) is 2.36. The Balaban J connectivity index is 2.05. The minimum atomic E-state index is 0.0383. The van der Waals surface area contributed by atoms with E-state index < -0.39 is 0 Å². The van der Waals surface area contributed by atoms with Gasteiger partial charge in [-0.05, 0) is 42.4 Å². The number of nitrogens with two attached hydrogens (primary N) is 2. The zero-order valence-electron chi connectivity index (χ0n) is 12.6. The number of amides is 1. The van der Waals surface area contributed by atoms with Crippen LogP contribution >= 0.6 is 0 Å². The van der Waals surface area contributed by atoms with Gasteiger partial charge in [0.15, 0.2) is 0 Å². The van der Waals surface area contributed by atoms with Crippen molar-refractivity contribution in [3.63, 3.8) is 0 Å². The third-order valence-corrected chi connectivity index (χ3v) is 4.23. The second-order valence-electron chi connectivity index (χ2n) is 6.82. The number of carbonyl (C=O) groups excluding carboxylic acids is 1. The van der Waals surface area contributed by atoms with Crippen LogP contribution in [0, 0.1) is 11.3 Å². The van der Waals surface area contributed by atoms with Gasteiger partial charge in [-0.15, -0.1) is 0 Å². The van der Waals surface area contributed by atoms with Crippen molar-refractivity contribution in [1.82, 2.24) is 4.90 Å². The van der Waals surface area contributed by atoms with Crippen LogP contribution in [-0.4, -0.2) is 23.9 Å². The van der Waals surface area contributed by atoms with E-state index in [9.17, 15) is 4.79 Å². The first-order valence-corrected chi connectivity index (χ1v) is 7.22.